The zero-order valence-electron chi connectivity index (χ0n) is 26.2. The second-order valence-electron chi connectivity index (χ2n) is 12.5. The number of carbonyl (C=O) groups excluding carboxylic acids is 2. The number of rotatable bonds is 7. The van der Waals surface area contributed by atoms with E-state index >= 15 is 0 Å². The van der Waals surface area contributed by atoms with Gasteiger partial charge in [0, 0.05) is 24.6 Å². The van der Waals surface area contributed by atoms with Crippen molar-refractivity contribution in [2.45, 2.75) is 77.4 Å². The largest absolute Gasteiger partial charge is 0.484 e. The molecule has 6 rings (SSSR count). The molecule has 12 nitrogen and oxygen atoms in total. The van der Waals surface area contributed by atoms with Gasteiger partial charge in [0.2, 0.25) is 11.8 Å². The summed E-state index contributed by atoms with van der Waals surface area (Å²) in [5.74, 6) is 1.09. The molecule has 1 aliphatic heterocycles. The standard InChI is InChI=1S/C33H40N8O4/c1-5-44-30(42)29-35-26(33(2,3)4)19-27(36-29)37-31(43)34-24-14-15-25(23-12-8-7-11-22(23)24)45-21-13-16-28-38-39-32(41(28)20-21)40-17-9-6-10-18-40/h7-8,11-13,16,19-20,24-25H,5-6,9-10,14-15,17-18H2,1-4H3,(H2,34,35,36,37,43). The highest BCUT2D eigenvalue weighted by Crippen LogP contribution is 2.39. The molecule has 3 aromatic heterocycles. The van der Waals surface area contributed by atoms with E-state index in [1.165, 1.54) is 6.42 Å². The maximum atomic E-state index is 13.2. The SMILES string of the molecule is CCOC(=O)c1nc(NC(=O)NC2CCC(Oc3ccc4nnc(N5CCCCC5)n4c3)c3ccccc32)cc(C(C)(C)C)n1. The molecule has 0 saturated carbocycles. The molecule has 1 aromatic carbocycles. The number of aromatic nitrogens is 5. The Morgan fingerprint density at radius 1 is 0.978 bits per heavy atom. The Balaban J connectivity index is 1.18. The third-order valence-electron chi connectivity index (χ3n) is 8.21. The first-order chi connectivity index (χ1) is 21.7. The molecule has 4 aromatic rings. The van der Waals surface area contributed by atoms with Crippen LogP contribution in [0.4, 0.5) is 16.6 Å². The Kier molecular flexibility index (Phi) is 8.55. The van der Waals surface area contributed by atoms with E-state index in [1.807, 2.05) is 67.8 Å². The van der Waals surface area contributed by atoms with Gasteiger partial charge in [0.15, 0.2) is 5.65 Å². The summed E-state index contributed by atoms with van der Waals surface area (Å²) < 4.78 is 13.7. The minimum Gasteiger partial charge on any atom is -0.484 e. The van der Waals surface area contributed by atoms with E-state index < -0.39 is 12.0 Å². The molecular formula is C33H40N8O4. The lowest BCUT2D eigenvalue weighted by Gasteiger charge is -2.32. The number of hydrogen-bond donors (Lipinski definition) is 2. The first kappa shape index (κ1) is 30.3. The Morgan fingerprint density at radius 2 is 1.76 bits per heavy atom. The van der Waals surface area contributed by atoms with Gasteiger partial charge in [-0.05, 0) is 62.3 Å². The molecule has 2 aliphatic rings. The monoisotopic (exact) mass is 612 g/mol. The van der Waals surface area contributed by atoms with E-state index in [1.54, 1.807) is 13.0 Å². The highest BCUT2D eigenvalue weighted by molar-refractivity contribution is 5.90. The summed E-state index contributed by atoms with van der Waals surface area (Å²) in [5, 5.41) is 14.7. The van der Waals surface area contributed by atoms with Gasteiger partial charge in [-0.25, -0.2) is 19.6 Å². The van der Waals surface area contributed by atoms with Crippen LogP contribution in [0.2, 0.25) is 0 Å². The minimum atomic E-state index is -0.634. The second-order valence-corrected chi connectivity index (χ2v) is 12.5. The molecular weight excluding hydrogens is 572 g/mol. The first-order valence-corrected chi connectivity index (χ1v) is 15.7. The number of fused-ring (bicyclic) bond motifs is 2. The van der Waals surface area contributed by atoms with Crippen LogP contribution < -0.4 is 20.3 Å². The van der Waals surface area contributed by atoms with Crippen molar-refractivity contribution < 1.29 is 19.1 Å². The van der Waals surface area contributed by atoms with Crippen molar-refractivity contribution in [1.82, 2.24) is 29.9 Å². The van der Waals surface area contributed by atoms with Crippen molar-refractivity contribution in [3.05, 3.63) is 71.3 Å². The van der Waals surface area contributed by atoms with Crippen LogP contribution in [0.15, 0.2) is 48.7 Å². The lowest BCUT2D eigenvalue weighted by Crippen LogP contribution is -2.36. The molecule has 236 valence electrons. The molecule has 2 N–H and O–H groups in total. The summed E-state index contributed by atoms with van der Waals surface area (Å²) in [4.78, 5) is 36.6. The summed E-state index contributed by atoms with van der Waals surface area (Å²) in [5.41, 5.74) is 3.05. The number of benzene rings is 1. The summed E-state index contributed by atoms with van der Waals surface area (Å²) in [6.45, 7) is 9.80. The third-order valence-corrected chi connectivity index (χ3v) is 8.21. The zero-order chi connectivity index (χ0) is 31.6. The van der Waals surface area contributed by atoms with Crippen molar-refractivity contribution in [2.75, 3.05) is 29.9 Å². The number of nitrogens with one attached hydrogen (secondary N) is 2. The summed E-state index contributed by atoms with van der Waals surface area (Å²) in [6, 6.07) is 12.9. The van der Waals surface area contributed by atoms with Gasteiger partial charge in [0.1, 0.15) is 17.7 Å². The van der Waals surface area contributed by atoms with Crippen LogP contribution in [0.5, 0.6) is 5.75 Å². The van der Waals surface area contributed by atoms with E-state index in [2.05, 4.69) is 35.7 Å². The molecule has 4 heterocycles. The molecule has 1 saturated heterocycles. The molecule has 2 atom stereocenters. The van der Waals surface area contributed by atoms with E-state index in [0.717, 1.165) is 54.4 Å². The summed E-state index contributed by atoms with van der Waals surface area (Å²) in [7, 11) is 0. The van der Waals surface area contributed by atoms with Crippen LogP contribution in [0.25, 0.3) is 5.65 Å². The number of carbonyl (C=O) groups is 2. The Bertz CT molecular complexity index is 1690. The molecule has 0 bridgehead atoms. The van der Waals surface area contributed by atoms with Gasteiger partial charge in [-0.15, -0.1) is 10.2 Å². The maximum absolute atomic E-state index is 13.2. The van der Waals surface area contributed by atoms with E-state index in [0.29, 0.717) is 18.5 Å². The fourth-order valence-electron chi connectivity index (χ4n) is 5.92. The number of esters is 1. The van der Waals surface area contributed by atoms with Crippen LogP contribution >= 0.6 is 0 Å². The highest BCUT2D eigenvalue weighted by Gasteiger charge is 2.30. The second kappa shape index (κ2) is 12.7. The average molecular weight is 613 g/mol. The number of amides is 2. The van der Waals surface area contributed by atoms with E-state index in [9.17, 15) is 9.59 Å². The van der Waals surface area contributed by atoms with Gasteiger partial charge in [-0.1, -0.05) is 45.0 Å². The predicted molar refractivity (Wildman–Crippen MR) is 170 cm³/mol. The van der Waals surface area contributed by atoms with Gasteiger partial charge in [0.25, 0.3) is 0 Å². The van der Waals surface area contributed by atoms with Crippen molar-refractivity contribution >= 4 is 29.4 Å². The fraction of sp³-hybridized carbons (Fsp3) is 0.455. The van der Waals surface area contributed by atoms with Crippen molar-refractivity contribution in [3.63, 3.8) is 0 Å². The molecule has 2 unspecified atom stereocenters. The molecule has 0 radical (unpaired) electrons. The molecule has 2 amide bonds. The molecule has 0 spiro atoms. The van der Waals surface area contributed by atoms with Gasteiger partial charge < -0.3 is 19.7 Å². The van der Waals surface area contributed by atoms with Gasteiger partial charge in [-0.2, -0.15) is 0 Å². The molecule has 1 fully saturated rings. The lowest BCUT2D eigenvalue weighted by atomic mass is 9.85. The van der Waals surface area contributed by atoms with Gasteiger partial charge in [-0.3, -0.25) is 9.72 Å². The van der Waals surface area contributed by atoms with Gasteiger partial charge >= 0.3 is 12.0 Å². The van der Waals surface area contributed by atoms with Crippen molar-refractivity contribution in [3.8, 4) is 5.75 Å². The highest BCUT2D eigenvalue weighted by atomic mass is 16.5. The number of pyridine rings is 1. The molecule has 1 aliphatic carbocycles. The number of nitrogens with zero attached hydrogens (tertiary/aromatic N) is 6. The summed E-state index contributed by atoms with van der Waals surface area (Å²) >= 11 is 0. The number of ether oxygens (including phenoxy) is 2. The summed E-state index contributed by atoms with van der Waals surface area (Å²) in [6.07, 6.45) is 6.72. The smallest absolute Gasteiger partial charge is 0.376 e. The number of piperidine rings is 1. The predicted octanol–water partition coefficient (Wildman–Crippen LogP) is 5.76. The van der Waals surface area contributed by atoms with Gasteiger partial charge in [0.05, 0.1) is 24.5 Å². The van der Waals surface area contributed by atoms with Crippen LogP contribution in [0.3, 0.4) is 0 Å². The molecule has 45 heavy (non-hydrogen) atoms. The van der Waals surface area contributed by atoms with Crippen molar-refractivity contribution in [1.29, 1.82) is 0 Å². The zero-order valence-corrected chi connectivity index (χ0v) is 26.2. The quantitative estimate of drug-likeness (QED) is 0.250. The van der Waals surface area contributed by atoms with Crippen molar-refractivity contribution in [2.24, 2.45) is 0 Å². The fourth-order valence-corrected chi connectivity index (χ4v) is 5.92. The lowest BCUT2D eigenvalue weighted by molar-refractivity contribution is 0.0511. The number of anilines is 2. The third kappa shape index (κ3) is 6.69. The minimum absolute atomic E-state index is 0.0877. The number of urea groups is 1. The van der Waals surface area contributed by atoms with Crippen LogP contribution in [-0.4, -0.2) is 56.3 Å². The normalized spacial score (nSPS) is 18.3. The average Bonchev–Trinajstić information content (AvgIpc) is 3.45. The van der Waals surface area contributed by atoms with E-state index in [4.69, 9.17) is 9.47 Å². The Hall–Kier alpha value is -4.74. The number of hydrogen-bond acceptors (Lipinski definition) is 9. The molecule has 12 heteroatoms. The Labute approximate surface area is 262 Å². The van der Waals surface area contributed by atoms with Crippen LogP contribution in [0.1, 0.15) is 99.4 Å². The van der Waals surface area contributed by atoms with E-state index in [-0.39, 0.29) is 35.8 Å². The van der Waals surface area contributed by atoms with Crippen LogP contribution in [-0.2, 0) is 10.2 Å². The van der Waals surface area contributed by atoms with Crippen LogP contribution in [0, 0.1) is 0 Å². The first-order valence-electron chi connectivity index (χ1n) is 15.7. The topological polar surface area (TPSA) is 136 Å². The Morgan fingerprint density at radius 3 is 2.51 bits per heavy atom. The maximum Gasteiger partial charge on any atom is 0.376 e.